The van der Waals surface area contributed by atoms with Gasteiger partial charge in [0, 0.05) is 13.5 Å². The normalized spacial score (nSPS) is 10.0. The molecule has 1 aromatic rings. The summed E-state index contributed by atoms with van der Waals surface area (Å²) in [6.07, 6.45) is 2.04. The topological polar surface area (TPSA) is 70.8 Å². The van der Waals surface area contributed by atoms with Crippen LogP contribution in [-0.2, 0) is 11.2 Å². The van der Waals surface area contributed by atoms with Gasteiger partial charge in [-0.1, -0.05) is 6.92 Å². The molecule has 5 heteroatoms. The van der Waals surface area contributed by atoms with Crippen molar-refractivity contribution in [2.24, 2.45) is 0 Å². The molecule has 1 aromatic heterocycles. The summed E-state index contributed by atoms with van der Waals surface area (Å²) < 4.78 is 5.10. The molecule has 0 spiro atoms. The number of amides is 1. The second kappa shape index (κ2) is 4.63. The van der Waals surface area contributed by atoms with Crippen molar-refractivity contribution in [3.8, 4) is 0 Å². The van der Waals surface area contributed by atoms with E-state index in [0.29, 0.717) is 17.7 Å². The fraction of sp³-hybridized carbons (Fsp3) is 0.400. The molecule has 82 valence electrons. The average Bonchev–Trinajstić information content (AvgIpc) is 2.62. The highest BCUT2D eigenvalue weighted by atomic mass is 16.4. The van der Waals surface area contributed by atoms with Crippen LogP contribution in [0.5, 0.6) is 0 Å². The summed E-state index contributed by atoms with van der Waals surface area (Å²) in [5, 5.41) is 8.54. The highest BCUT2D eigenvalue weighted by molar-refractivity contribution is 5.96. The molecule has 0 radical (unpaired) electrons. The Morgan fingerprint density at radius 1 is 1.53 bits per heavy atom. The largest absolute Gasteiger partial charge is 0.480 e. The Kier molecular flexibility index (Phi) is 3.49. The van der Waals surface area contributed by atoms with Gasteiger partial charge in [0.25, 0.3) is 5.91 Å². The SMILES string of the molecule is CCc1occc1C(=O)N(C)CC(=O)O. The molecular formula is C10H13NO4. The van der Waals surface area contributed by atoms with Crippen LogP contribution in [0.15, 0.2) is 16.7 Å². The van der Waals surface area contributed by atoms with Crippen molar-refractivity contribution in [1.82, 2.24) is 4.90 Å². The Bertz CT molecular complexity index is 369. The van der Waals surface area contributed by atoms with Crippen molar-refractivity contribution in [3.05, 3.63) is 23.7 Å². The van der Waals surface area contributed by atoms with Crippen molar-refractivity contribution in [3.63, 3.8) is 0 Å². The predicted octanol–water partition coefficient (Wildman–Crippen LogP) is 0.999. The van der Waals surface area contributed by atoms with E-state index in [1.807, 2.05) is 6.92 Å². The average molecular weight is 211 g/mol. The molecule has 1 heterocycles. The van der Waals surface area contributed by atoms with Gasteiger partial charge in [-0.3, -0.25) is 9.59 Å². The van der Waals surface area contributed by atoms with E-state index in [4.69, 9.17) is 9.52 Å². The van der Waals surface area contributed by atoms with Gasteiger partial charge >= 0.3 is 5.97 Å². The van der Waals surface area contributed by atoms with Crippen LogP contribution in [-0.4, -0.2) is 35.5 Å². The minimum atomic E-state index is -1.03. The summed E-state index contributed by atoms with van der Waals surface area (Å²) in [5.74, 6) is -0.785. The summed E-state index contributed by atoms with van der Waals surface area (Å²) in [4.78, 5) is 23.3. The Hall–Kier alpha value is -1.78. The van der Waals surface area contributed by atoms with Crippen LogP contribution in [0, 0.1) is 0 Å². The van der Waals surface area contributed by atoms with Crippen molar-refractivity contribution in [1.29, 1.82) is 0 Å². The molecular weight excluding hydrogens is 198 g/mol. The Morgan fingerprint density at radius 2 is 2.20 bits per heavy atom. The second-order valence-electron chi connectivity index (χ2n) is 3.17. The van der Waals surface area contributed by atoms with Crippen molar-refractivity contribution in [2.75, 3.05) is 13.6 Å². The number of carbonyl (C=O) groups excluding carboxylic acids is 1. The van der Waals surface area contributed by atoms with Gasteiger partial charge in [-0.2, -0.15) is 0 Å². The number of nitrogens with zero attached hydrogens (tertiary/aromatic N) is 1. The molecule has 0 aliphatic carbocycles. The van der Waals surface area contributed by atoms with Gasteiger partial charge in [0.2, 0.25) is 0 Å². The minimum Gasteiger partial charge on any atom is -0.480 e. The Balaban J connectivity index is 2.80. The number of furan rings is 1. The van der Waals surface area contributed by atoms with Gasteiger partial charge in [-0.15, -0.1) is 0 Å². The number of hydrogen-bond acceptors (Lipinski definition) is 3. The molecule has 15 heavy (non-hydrogen) atoms. The second-order valence-corrected chi connectivity index (χ2v) is 3.17. The molecule has 5 nitrogen and oxygen atoms in total. The van der Waals surface area contributed by atoms with E-state index in [1.165, 1.54) is 13.3 Å². The number of carboxylic acid groups (broad SMARTS) is 1. The Morgan fingerprint density at radius 3 is 2.73 bits per heavy atom. The number of carboxylic acids is 1. The molecule has 0 saturated carbocycles. The molecule has 1 rings (SSSR count). The molecule has 1 N–H and O–H groups in total. The van der Waals surface area contributed by atoms with Crippen LogP contribution in [0.2, 0.25) is 0 Å². The summed E-state index contributed by atoms with van der Waals surface area (Å²) in [6, 6.07) is 1.56. The van der Waals surface area contributed by atoms with Gasteiger partial charge < -0.3 is 14.4 Å². The van der Waals surface area contributed by atoms with Crippen molar-refractivity contribution in [2.45, 2.75) is 13.3 Å². The van der Waals surface area contributed by atoms with E-state index in [9.17, 15) is 9.59 Å². The Labute approximate surface area is 87.3 Å². The number of aryl methyl sites for hydroxylation is 1. The molecule has 0 unspecified atom stereocenters. The van der Waals surface area contributed by atoms with Crippen LogP contribution >= 0.6 is 0 Å². The lowest BCUT2D eigenvalue weighted by Crippen LogP contribution is -2.32. The maximum atomic E-state index is 11.7. The first-order valence-corrected chi connectivity index (χ1v) is 4.59. The molecule has 0 aliphatic rings. The summed E-state index contributed by atoms with van der Waals surface area (Å²) in [5.41, 5.74) is 0.432. The summed E-state index contributed by atoms with van der Waals surface area (Å²) >= 11 is 0. The molecule has 0 aliphatic heterocycles. The predicted molar refractivity (Wildman–Crippen MR) is 52.7 cm³/mol. The summed E-state index contributed by atoms with van der Waals surface area (Å²) in [7, 11) is 1.45. The van der Waals surface area contributed by atoms with Crippen LogP contribution in [0.25, 0.3) is 0 Å². The first kappa shape index (κ1) is 11.3. The third-order valence-corrected chi connectivity index (χ3v) is 2.02. The zero-order chi connectivity index (χ0) is 11.4. The van der Waals surface area contributed by atoms with Gasteiger partial charge in [-0.05, 0) is 6.07 Å². The van der Waals surface area contributed by atoms with Gasteiger partial charge in [0.1, 0.15) is 12.3 Å². The smallest absolute Gasteiger partial charge is 0.323 e. The van der Waals surface area contributed by atoms with E-state index >= 15 is 0 Å². The molecule has 0 atom stereocenters. The molecule has 0 saturated heterocycles. The minimum absolute atomic E-state index is 0.312. The van der Waals surface area contributed by atoms with Crippen LogP contribution in [0.1, 0.15) is 23.0 Å². The van der Waals surface area contributed by atoms with Crippen molar-refractivity contribution >= 4 is 11.9 Å². The van der Waals surface area contributed by atoms with E-state index in [-0.39, 0.29) is 12.5 Å². The molecule has 0 bridgehead atoms. The highest BCUT2D eigenvalue weighted by Crippen LogP contribution is 2.13. The van der Waals surface area contributed by atoms with E-state index in [0.717, 1.165) is 4.90 Å². The first-order valence-electron chi connectivity index (χ1n) is 4.59. The zero-order valence-corrected chi connectivity index (χ0v) is 8.69. The number of rotatable bonds is 4. The van der Waals surface area contributed by atoms with Gasteiger partial charge in [0.15, 0.2) is 0 Å². The van der Waals surface area contributed by atoms with Crippen LogP contribution in [0.4, 0.5) is 0 Å². The molecule has 0 aromatic carbocycles. The maximum Gasteiger partial charge on any atom is 0.323 e. The van der Waals surface area contributed by atoms with E-state index in [2.05, 4.69) is 0 Å². The van der Waals surface area contributed by atoms with Gasteiger partial charge in [0.05, 0.1) is 11.8 Å². The number of likely N-dealkylation sites (N-methyl/N-ethyl adjacent to an activating group) is 1. The number of hydrogen-bond donors (Lipinski definition) is 1. The van der Waals surface area contributed by atoms with Crippen LogP contribution in [0.3, 0.4) is 0 Å². The lowest BCUT2D eigenvalue weighted by molar-refractivity contribution is -0.137. The molecule has 1 amide bonds. The summed E-state index contributed by atoms with van der Waals surface area (Å²) in [6.45, 7) is 1.56. The zero-order valence-electron chi connectivity index (χ0n) is 8.69. The first-order chi connectivity index (χ1) is 7.06. The van der Waals surface area contributed by atoms with E-state index < -0.39 is 5.97 Å². The highest BCUT2D eigenvalue weighted by Gasteiger charge is 2.18. The number of carbonyl (C=O) groups is 2. The monoisotopic (exact) mass is 211 g/mol. The lowest BCUT2D eigenvalue weighted by Gasteiger charge is -2.13. The van der Waals surface area contributed by atoms with Crippen LogP contribution < -0.4 is 0 Å². The van der Waals surface area contributed by atoms with Gasteiger partial charge in [-0.25, -0.2) is 0 Å². The third-order valence-electron chi connectivity index (χ3n) is 2.02. The third kappa shape index (κ3) is 2.59. The van der Waals surface area contributed by atoms with Crippen molar-refractivity contribution < 1.29 is 19.1 Å². The lowest BCUT2D eigenvalue weighted by atomic mass is 10.2. The number of aliphatic carboxylic acids is 1. The maximum absolute atomic E-state index is 11.7. The molecule has 0 fully saturated rings. The fourth-order valence-electron chi connectivity index (χ4n) is 1.29. The fourth-order valence-corrected chi connectivity index (χ4v) is 1.29. The quantitative estimate of drug-likeness (QED) is 0.806. The van der Waals surface area contributed by atoms with E-state index in [1.54, 1.807) is 6.07 Å². The standard InChI is InChI=1S/C10H13NO4/c1-3-8-7(4-5-15-8)10(14)11(2)6-9(12)13/h4-5H,3,6H2,1-2H3,(H,12,13).